The fraction of sp³-hybridized carbons (Fsp3) is 0.455. The van der Waals surface area contributed by atoms with E-state index in [1.54, 1.807) is 0 Å². The lowest BCUT2D eigenvalue weighted by Crippen LogP contribution is -2.26. The van der Waals surface area contributed by atoms with E-state index in [1.165, 1.54) is 0 Å². The van der Waals surface area contributed by atoms with Gasteiger partial charge in [0.1, 0.15) is 11.0 Å². The summed E-state index contributed by atoms with van der Waals surface area (Å²) in [6.45, 7) is 1.09. The molecule has 0 aromatic heterocycles. The number of benzene rings is 1. The first-order chi connectivity index (χ1) is 8.47. The summed E-state index contributed by atoms with van der Waals surface area (Å²) >= 11 is 0. The Kier molecular flexibility index (Phi) is 3.82. The minimum absolute atomic E-state index is 0.0747. The fourth-order valence-electron chi connectivity index (χ4n) is 1.70. The third kappa shape index (κ3) is 3.17. The molecule has 1 fully saturated rings. The molecule has 4 nitrogen and oxygen atoms in total. The van der Waals surface area contributed by atoms with Crippen molar-refractivity contribution in [3.63, 3.8) is 0 Å². The summed E-state index contributed by atoms with van der Waals surface area (Å²) in [5.74, 6) is -0.963. The van der Waals surface area contributed by atoms with Gasteiger partial charge in [-0.25, -0.2) is 4.39 Å². The first-order valence-electron chi connectivity index (χ1n) is 5.45. The van der Waals surface area contributed by atoms with Crippen molar-refractivity contribution < 1.29 is 26.2 Å². The Bertz CT molecular complexity index is 524. The highest BCUT2D eigenvalue weighted by molar-refractivity contribution is 7.86. The topological polar surface area (TPSA) is 52.6 Å². The lowest BCUT2D eigenvalue weighted by molar-refractivity contribution is 0.0240. The Balaban J connectivity index is 2.14. The number of hydrogen-bond acceptors (Lipinski definition) is 4. The Morgan fingerprint density at radius 1 is 1.28 bits per heavy atom. The molecule has 1 aromatic carbocycles. The van der Waals surface area contributed by atoms with E-state index in [0.29, 0.717) is 32.1 Å². The zero-order valence-electron chi connectivity index (χ0n) is 9.43. The number of halogens is 2. The van der Waals surface area contributed by atoms with Crippen molar-refractivity contribution in [1.29, 1.82) is 0 Å². The van der Waals surface area contributed by atoms with Gasteiger partial charge in [-0.3, -0.25) is 0 Å². The summed E-state index contributed by atoms with van der Waals surface area (Å²) in [6, 6.07) is 2.72. The maximum absolute atomic E-state index is 13.5. The molecule has 1 heterocycles. The minimum Gasteiger partial charge on any atom is -0.487 e. The van der Waals surface area contributed by atoms with Crippen LogP contribution in [0.2, 0.25) is 0 Å². The molecule has 1 aromatic rings. The standard InChI is InChI=1S/C11H12F2O4S/c12-10-7-9(18(13,14)15)1-2-11(10)17-8-3-5-16-6-4-8/h1-2,7-8H,3-6H2. The zero-order chi connectivity index (χ0) is 13.2. The van der Waals surface area contributed by atoms with Crippen LogP contribution in [0, 0.1) is 5.82 Å². The second-order valence-electron chi connectivity index (χ2n) is 3.96. The monoisotopic (exact) mass is 278 g/mol. The van der Waals surface area contributed by atoms with Crippen LogP contribution in [0.3, 0.4) is 0 Å². The van der Waals surface area contributed by atoms with E-state index in [1.807, 2.05) is 0 Å². The van der Waals surface area contributed by atoms with Gasteiger partial charge >= 0.3 is 10.2 Å². The SMILES string of the molecule is O=S(=O)(F)c1ccc(OC2CCOCC2)c(F)c1. The second kappa shape index (κ2) is 5.19. The molecule has 0 spiro atoms. The van der Waals surface area contributed by atoms with Gasteiger partial charge in [0.25, 0.3) is 0 Å². The van der Waals surface area contributed by atoms with Gasteiger partial charge in [0, 0.05) is 12.8 Å². The van der Waals surface area contributed by atoms with Gasteiger partial charge in [-0.15, -0.1) is 3.89 Å². The zero-order valence-corrected chi connectivity index (χ0v) is 10.3. The van der Waals surface area contributed by atoms with Crippen LogP contribution in [-0.4, -0.2) is 27.7 Å². The van der Waals surface area contributed by atoms with E-state index in [-0.39, 0.29) is 11.9 Å². The molecule has 0 N–H and O–H groups in total. The Labute approximate surface area is 104 Å². The van der Waals surface area contributed by atoms with Gasteiger partial charge in [-0.1, -0.05) is 0 Å². The van der Waals surface area contributed by atoms with Gasteiger partial charge in [0.05, 0.1) is 13.2 Å². The van der Waals surface area contributed by atoms with Crippen molar-refractivity contribution in [2.24, 2.45) is 0 Å². The maximum atomic E-state index is 13.5. The summed E-state index contributed by atoms with van der Waals surface area (Å²) < 4.78 is 57.9. The molecule has 18 heavy (non-hydrogen) atoms. The molecule has 0 saturated carbocycles. The highest BCUT2D eigenvalue weighted by Crippen LogP contribution is 2.25. The van der Waals surface area contributed by atoms with E-state index in [4.69, 9.17) is 9.47 Å². The molecule has 0 radical (unpaired) electrons. The van der Waals surface area contributed by atoms with Gasteiger partial charge in [0.15, 0.2) is 11.6 Å². The van der Waals surface area contributed by atoms with Gasteiger partial charge < -0.3 is 9.47 Å². The van der Waals surface area contributed by atoms with E-state index in [2.05, 4.69) is 0 Å². The second-order valence-corrected chi connectivity index (χ2v) is 5.31. The molecule has 0 bridgehead atoms. The molecule has 1 aliphatic rings. The fourth-order valence-corrected chi connectivity index (χ4v) is 2.18. The van der Waals surface area contributed by atoms with Crippen molar-refractivity contribution in [1.82, 2.24) is 0 Å². The Morgan fingerprint density at radius 3 is 2.50 bits per heavy atom. The molecular formula is C11H12F2O4S. The van der Waals surface area contributed by atoms with Gasteiger partial charge in [-0.05, 0) is 18.2 Å². The van der Waals surface area contributed by atoms with Crippen LogP contribution in [0.4, 0.5) is 8.28 Å². The summed E-state index contributed by atoms with van der Waals surface area (Å²) in [7, 11) is -4.89. The molecule has 0 atom stereocenters. The van der Waals surface area contributed by atoms with Crippen molar-refractivity contribution in [3.05, 3.63) is 24.0 Å². The average Bonchev–Trinajstić information content (AvgIpc) is 2.32. The van der Waals surface area contributed by atoms with Crippen LogP contribution >= 0.6 is 0 Å². The van der Waals surface area contributed by atoms with Crippen LogP contribution < -0.4 is 4.74 Å². The van der Waals surface area contributed by atoms with Crippen LogP contribution in [0.5, 0.6) is 5.75 Å². The van der Waals surface area contributed by atoms with Crippen molar-refractivity contribution in [2.75, 3.05) is 13.2 Å². The molecule has 2 rings (SSSR count). The van der Waals surface area contributed by atoms with Crippen molar-refractivity contribution in [3.8, 4) is 5.75 Å². The highest BCUT2D eigenvalue weighted by atomic mass is 32.3. The molecule has 0 amide bonds. The average molecular weight is 278 g/mol. The quantitative estimate of drug-likeness (QED) is 0.794. The van der Waals surface area contributed by atoms with Crippen LogP contribution in [0.1, 0.15) is 12.8 Å². The van der Waals surface area contributed by atoms with E-state index in [0.717, 1.165) is 12.1 Å². The molecule has 0 unspecified atom stereocenters. The van der Waals surface area contributed by atoms with Gasteiger partial charge in [-0.2, -0.15) is 8.42 Å². The molecule has 0 aliphatic carbocycles. The number of ether oxygens (including phenoxy) is 2. The third-order valence-corrected chi connectivity index (χ3v) is 3.46. The highest BCUT2D eigenvalue weighted by Gasteiger charge is 2.19. The minimum atomic E-state index is -4.89. The van der Waals surface area contributed by atoms with Crippen LogP contribution in [0.25, 0.3) is 0 Å². The summed E-state index contributed by atoms with van der Waals surface area (Å²) in [5, 5.41) is 0. The summed E-state index contributed by atoms with van der Waals surface area (Å²) in [4.78, 5) is -0.709. The smallest absolute Gasteiger partial charge is 0.332 e. The third-order valence-electron chi connectivity index (χ3n) is 2.65. The van der Waals surface area contributed by atoms with E-state index >= 15 is 0 Å². The molecule has 7 heteroatoms. The van der Waals surface area contributed by atoms with Crippen LogP contribution in [0.15, 0.2) is 23.1 Å². The first-order valence-corrected chi connectivity index (χ1v) is 6.84. The van der Waals surface area contributed by atoms with Crippen molar-refractivity contribution >= 4 is 10.2 Å². The normalized spacial score (nSPS) is 17.7. The van der Waals surface area contributed by atoms with Crippen LogP contribution in [-0.2, 0) is 15.0 Å². The molecule has 1 aliphatic heterocycles. The predicted molar refractivity (Wildman–Crippen MR) is 59.2 cm³/mol. The Morgan fingerprint density at radius 2 is 1.94 bits per heavy atom. The number of rotatable bonds is 3. The maximum Gasteiger partial charge on any atom is 0.332 e. The molecular weight excluding hydrogens is 266 g/mol. The lowest BCUT2D eigenvalue weighted by atomic mass is 10.1. The largest absolute Gasteiger partial charge is 0.487 e. The predicted octanol–water partition coefficient (Wildman–Crippen LogP) is 2.04. The summed E-state index contributed by atoms with van der Waals surface area (Å²) in [5.41, 5.74) is 0. The lowest BCUT2D eigenvalue weighted by Gasteiger charge is -2.23. The van der Waals surface area contributed by atoms with Crippen molar-refractivity contribution in [2.45, 2.75) is 23.8 Å². The first kappa shape index (κ1) is 13.2. The Hall–Kier alpha value is -1.21. The van der Waals surface area contributed by atoms with E-state index < -0.39 is 20.9 Å². The number of hydrogen-bond donors (Lipinski definition) is 0. The van der Waals surface area contributed by atoms with Gasteiger partial charge in [0.2, 0.25) is 0 Å². The molecule has 1 saturated heterocycles. The molecule has 100 valence electrons. The summed E-state index contributed by atoms with van der Waals surface area (Å²) in [6.07, 6.45) is 1.12. The van der Waals surface area contributed by atoms with E-state index in [9.17, 15) is 16.7 Å².